The lowest BCUT2D eigenvalue weighted by atomic mass is 9.98. The molecule has 0 spiro atoms. The van der Waals surface area contributed by atoms with E-state index in [2.05, 4.69) is 5.32 Å². The van der Waals surface area contributed by atoms with Crippen LogP contribution < -0.4 is 5.32 Å². The van der Waals surface area contributed by atoms with Crippen LogP contribution in [0.15, 0.2) is 36.4 Å². The smallest absolute Gasteiger partial charge is 0.412 e. The van der Waals surface area contributed by atoms with Gasteiger partial charge >= 0.3 is 12.1 Å². The Hall–Kier alpha value is -2.25. The van der Waals surface area contributed by atoms with Gasteiger partial charge in [-0.05, 0) is 54.3 Å². The Kier molecular flexibility index (Phi) is 6.10. The maximum Gasteiger partial charge on any atom is 0.412 e. The van der Waals surface area contributed by atoms with E-state index in [4.69, 9.17) is 16.7 Å². The highest BCUT2D eigenvalue weighted by Crippen LogP contribution is 2.37. The molecule has 0 radical (unpaired) electrons. The van der Waals surface area contributed by atoms with Crippen molar-refractivity contribution < 1.29 is 23.1 Å². The zero-order valence-corrected chi connectivity index (χ0v) is 16.8. The first kappa shape index (κ1) is 21.5. The van der Waals surface area contributed by atoms with E-state index in [0.717, 1.165) is 11.1 Å². The monoisotopic (exact) mass is 426 g/mol. The second-order valence-electron chi connectivity index (χ2n) is 7.50. The van der Waals surface area contributed by atoms with E-state index in [1.54, 1.807) is 25.1 Å². The molecule has 8 heteroatoms. The summed E-state index contributed by atoms with van der Waals surface area (Å²) in [6.45, 7) is 4.95. The number of carbonyl (C=O) groups is 1. The van der Waals surface area contributed by atoms with Gasteiger partial charge in [0.1, 0.15) is 6.04 Å². The number of hydrogen-bond acceptors (Lipinski definition) is 3. The van der Waals surface area contributed by atoms with Gasteiger partial charge in [-0.25, -0.2) is 0 Å². The molecular weight excluding hydrogens is 405 g/mol. The summed E-state index contributed by atoms with van der Waals surface area (Å²) in [6.07, 6.45) is -4.49. The lowest BCUT2D eigenvalue weighted by Crippen LogP contribution is -2.49. The highest BCUT2D eigenvalue weighted by atomic mass is 35.5. The number of rotatable bonds is 6. The largest absolute Gasteiger partial charge is 0.481 e. The van der Waals surface area contributed by atoms with Gasteiger partial charge in [0.15, 0.2) is 0 Å². The molecule has 1 aliphatic heterocycles. The van der Waals surface area contributed by atoms with Crippen LogP contribution in [0, 0.1) is 19.8 Å². The van der Waals surface area contributed by atoms with Crippen LogP contribution in [0.4, 0.5) is 18.9 Å². The molecule has 2 N–H and O–H groups in total. The summed E-state index contributed by atoms with van der Waals surface area (Å²) in [5.41, 5.74) is 2.84. The SMILES string of the molecule is Cc1cc([C@H](Nc2ccc(C)c(CN3CC(C(=O)O)C3)c2)C(F)(F)F)ccc1Cl. The molecule has 156 valence electrons. The summed E-state index contributed by atoms with van der Waals surface area (Å²) in [5, 5.41) is 12.0. The van der Waals surface area contributed by atoms with E-state index in [-0.39, 0.29) is 11.5 Å². The van der Waals surface area contributed by atoms with Gasteiger partial charge in [-0.1, -0.05) is 29.8 Å². The molecule has 2 aromatic carbocycles. The molecular formula is C21H22ClF3N2O2. The van der Waals surface area contributed by atoms with Gasteiger partial charge in [-0.3, -0.25) is 9.69 Å². The van der Waals surface area contributed by atoms with Crippen LogP contribution in [0.2, 0.25) is 5.02 Å². The predicted octanol–water partition coefficient (Wildman–Crippen LogP) is 5.19. The molecule has 29 heavy (non-hydrogen) atoms. The Morgan fingerprint density at radius 2 is 1.90 bits per heavy atom. The summed E-state index contributed by atoms with van der Waals surface area (Å²) in [7, 11) is 0. The van der Waals surface area contributed by atoms with Crippen LogP contribution in [0.1, 0.15) is 28.3 Å². The lowest BCUT2D eigenvalue weighted by Gasteiger charge is -2.37. The van der Waals surface area contributed by atoms with Crippen molar-refractivity contribution in [3.8, 4) is 0 Å². The Labute approximate surface area is 172 Å². The Balaban J connectivity index is 1.79. The van der Waals surface area contributed by atoms with Crippen LogP contribution in [0.25, 0.3) is 0 Å². The molecule has 0 amide bonds. The number of carboxylic acids is 1. The van der Waals surface area contributed by atoms with Crippen LogP contribution >= 0.6 is 11.6 Å². The fourth-order valence-electron chi connectivity index (χ4n) is 3.40. The summed E-state index contributed by atoms with van der Waals surface area (Å²) < 4.78 is 41.2. The molecule has 1 saturated heterocycles. The van der Waals surface area contributed by atoms with Crippen molar-refractivity contribution in [2.45, 2.75) is 32.6 Å². The van der Waals surface area contributed by atoms with E-state index in [1.165, 1.54) is 18.2 Å². The average Bonchev–Trinajstić information content (AvgIpc) is 2.59. The molecule has 1 atom stereocenters. The van der Waals surface area contributed by atoms with Gasteiger partial charge in [-0.15, -0.1) is 0 Å². The number of anilines is 1. The molecule has 1 heterocycles. The average molecular weight is 427 g/mol. The third-order valence-electron chi connectivity index (χ3n) is 5.20. The highest BCUT2D eigenvalue weighted by Gasteiger charge is 2.41. The first-order valence-corrected chi connectivity index (χ1v) is 9.56. The Bertz CT molecular complexity index is 911. The molecule has 0 aliphatic carbocycles. The lowest BCUT2D eigenvalue weighted by molar-refractivity contribution is -0.147. The summed E-state index contributed by atoms with van der Waals surface area (Å²) in [6, 6.07) is 7.51. The quantitative estimate of drug-likeness (QED) is 0.667. The summed E-state index contributed by atoms with van der Waals surface area (Å²) in [5.74, 6) is -1.20. The number of likely N-dealkylation sites (tertiary alicyclic amines) is 1. The summed E-state index contributed by atoms with van der Waals surface area (Å²) in [4.78, 5) is 12.9. The van der Waals surface area contributed by atoms with Crippen LogP contribution in [0.5, 0.6) is 0 Å². The minimum Gasteiger partial charge on any atom is -0.481 e. The Morgan fingerprint density at radius 1 is 1.21 bits per heavy atom. The molecule has 3 rings (SSSR count). The summed E-state index contributed by atoms with van der Waals surface area (Å²) >= 11 is 5.95. The van der Waals surface area contributed by atoms with Gasteiger partial charge in [0.25, 0.3) is 0 Å². The first-order valence-electron chi connectivity index (χ1n) is 9.18. The van der Waals surface area contributed by atoms with Crippen molar-refractivity contribution >= 4 is 23.3 Å². The van der Waals surface area contributed by atoms with Gasteiger partial charge < -0.3 is 10.4 Å². The minimum atomic E-state index is -4.49. The second-order valence-corrected chi connectivity index (χ2v) is 7.91. The van der Waals surface area contributed by atoms with E-state index >= 15 is 0 Å². The number of hydrogen-bond donors (Lipinski definition) is 2. The fraction of sp³-hybridized carbons (Fsp3) is 0.381. The zero-order chi connectivity index (χ0) is 21.3. The normalized spacial score (nSPS) is 16.3. The highest BCUT2D eigenvalue weighted by molar-refractivity contribution is 6.31. The molecule has 4 nitrogen and oxygen atoms in total. The van der Waals surface area contributed by atoms with E-state index in [9.17, 15) is 18.0 Å². The Morgan fingerprint density at radius 3 is 2.48 bits per heavy atom. The van der Waals surface area contributed by atoms with E-state index < -0.39 is 18.2 Å². The third-order valence-corrected chi connectivity index (χ3v) is 5.63. The number of carboxylic acid groups (broad SMARTS) is 1. The number of aryl methyl sites for hydroxylation is 2. The van der Waals surface area contributed by atoms with Crippen LogP contribution in [-0.4, -0.2) is 35.2 Å². The molecule has 1 aliphatic rings. The molecule has 0 bridgehead atoms. The standard InChI is InChI=1S/C21H22ClF3N2O2/c1-12-3-5-17(8-15(12)9-27-10-16(11-27)20(28)29)26-19(21(23,24)25)14-4-6-18(22)13(2)7-14/h3-8,16,19,26H,9-11H2,1-2H3,(H,28,29)/t19-/m0/s1. The molecule has 1 fully saturated rings. The second kappa shape index (κ2) is 8.24. The molecule has 0 saturated carbocycles. The van der Waals surface area contributed by atoms with Crippen molar-refractivity contribution in [3.05, 3.63) is 63.7 Å². The zero-order valence-electron chi connectivity index (χ0n) is 16.1. The van der Waals surface area contributed by atoms with E-state index in [1.807, 2.05) is 11.8 Å². The topological polar surface area (TPSA) is 52.6 Å². The maximum atomic E-state index is 13.7. The number of nitrogens with zero attached hydrogens (tertiary/aromatic N) is 1. The van der Waals surface area contributed by atoms with Crippen molar-refractivity contribution in [1.82, 2.24) is 4.90 Å². The number of halogens is 4. The number of nitrogens with one attached hydrogen (secondary N) is 1. The van der Waals surface area contributed by atoms with Crippen molar-refractivity contribution in [2.24, 2.45) is 5.92 Å². The number of benzene rings is 2. The van der Waals surface area contributed by atoms with Gasteiger partial charge in [0, 0.05) is 30.3 Å². The molecule has 2 aromatic rings. The van der Waals surface area contributed by atoms with Crippen molar-refractivity contribution in [3.63, 3.8) is 0 Å². The minimum absolute atomic E-state index is 0.0913. The van der Waals surface area contributed by atoms with E-state index in [0.29, 0.717) is 35.9 Å². The predicted molar refractivity (Wildman–Crippen MR) is 106 cm³/mol. The molecule has 0 unspecified atom stereocenters. The van der Waals surface area contributed by atoms with Gasteiger partial charge in [0.2, 0.25) is 0 Å². The van der Waals surface area contributed by atoms with Crippen LogP contribution in [-0.2, 0) is 11.3 Å². The molecule has 0 aromatic heterocycles. The fourth-order valence-corrected chi connectivity index (χ4v) is 3.51. The third kappa shape index (κ3) is 5.03. The first-order chi connectivity index (χ1) is 13.5. The van der Waals surface area contributed by atoms with Gasteiger partial charge in [-0.2, -0.15) is 13.2 Å². The van der Waals surface area contributed by atoms with Crippen LogP contribution in [0.3, 0.4) is 0 Å². The number of aliphatic carboxylic acids is 1. The van der Waals surface area contributed by atoms with Crippen molar-refractivity contribution in [1.29, 1.82) is 0 Å². The number of alkyl halides is 3. The van der Waals surface area contributed by atoms with Gasteiger partial charge in [0.05, 0.1) is 5.92 Å². The maximum absolute atomic E-state index is 13.7. The van der Waals surface area contributed by atoms with Crippen molar-refractivity contribution in [2.75, 3.05) is 18.4 Å².